The molecule has 30 heavy (non-hydrogen) atoms. The molecule has 0 aliphatic heterocycles. The van der Waals surface area contributed by atoms with E-state index in [0.717, 1.165) is 19.3 Å². The van der Waals surface area contributed by atoms with E-state index >= 15 is 0 Å². The number of halogens is 2. The van der Waals surface area contributed by atoms with E-state index in [1.54, 1.807) is 24.3 Å². The van der Waals surface area contributed by atoms with Crippen LogP contribution in [0.2, 0.25) is 10.2 Å². The Morgan fingerprint density at radius 3 is 2.33 bits per heavy atom. The van der Waals surface area contributed by atoms with Crippen LogP contribution in [0.25, 0.3) is 10.8 Å². The van der Waals surface area contributed by atoms with Gasteiger partial charge < -0.3 is 0 Å². The molecule has 156 valence electrons. The second kappa shape index (κ2) is 9.69. The highest BCUT2D eigenvalue weighted by molar-refractivity contribution is 6.34. The van der Waals surface area contributed by atoms with Crippen molar-refractivity contribution in [3.63, 3.8) is 0 Å². The van der Waals surface area contributed by atoms with E-state index in [0.29, 0.717) is 17.3 Å². The molecule has 0 radical (unpaired) electrons. The Bertz CT molecular complexity index is 1160. The largest absolute Gasteiger partial charge is 0.290 e. The predicted molar refractivity (Wildman–Crippen MR) is 115 cm³/mol. The number of nitrogens with one attached hydrogen (secondary N) is 2. The second-order valence-corrected chi connectivity index (χ2v) is 7.30. The molecule has 2 amide bonds. The number of benzene rings is 1. The van der Waals surface area contributed by atoms with Gasteiger partial charge in [-0.3, -0.25) is 25.2 Å². The molecule has 3 aromatic rings. The van der Waals surface area contributed by atoms with Gasteiger partial charge in [-0.2, -0.15) is 5.10 Å². The van der Waals surface area contributed by atoms with Crippen LogP contribution in [0.4, 0.5) is 0 Å². The lowest BCUT2D eigenvalue weighted by Gasteiger charge is -2.12. The highest BCUT2D eigenvalue weighted by Gasteiger charge is 2.19. The standard InChI is InChI=1S/C20H19Cl2N5O3/c1-2-3-6-11-27-20(30)13-8-5-4-7-12(13)16(26-27)18(28)24-25-19(29)17-14(21)9-10-15(22)23-17/h4-5,7-10H,2-3,6,11H2,1H3,(H,24,28)(H,25,29). The minimum absolute atomic E-state index is 0.0205. The minimum Gasteiger partial charge on any atom is -0.267 e. The summed E-state index contributed by atoms with van der Waals surface area (Å²) in [6.45, 7) is 2.45. The van der Waals surface area contributed by atoms with Crippen molar-refractivity contribution in [2.75, 3.05) is 0 Å². The third kappa shape index (κ3) is 4.77. The smallest absolute Gasteiger partial charge is 0.267 e. The SMILES string of the molecule is CCCCCn1nc(C(=O)NNC(=O)c2nc(Cl)ccc2Cl)c2ccccc2c1=O. The number of aromatic nitrogens is 3. The molecule has 1 aromatic carbocycles. The average Bonchev–Trinajstić information content (AvgIpc) is 2.75. The van der Waals surface area contributed by atoms with Gasteiger partial charge in [-0.25, -0.2) is 9.67 Å². The number of rotatable bonds is 6. The van der Waals surface area contributed by atoms with Crippen LogP contribution in [0.5, 0.6) is 0 Å². The van der Waals surface area contributed by atoms with Crippen molar-refractivity contribution < 1.29 is 9.59 Å². The van der Waals surface area contributed by atoms with Crippen LogP contribution in [-0.4, -0.2) is 26.6 Å². The summed E-state index contributed by atoms with van der Waals surface area (Å²) >= 11 is 11.7. The Balaban J connectivity index is 1.86. The third-order valence-electron chi connectivity index (χ3n) is 4.37. The Kier molecular flexibility index (Phi) is 7.02. The van der Waals surface area contributed by atoms with Gasteiger partial charge in [0.05, 0.1) is 10.4 Å². The maximum Gasteiger partial charge on any atom is 0.290 e. The van der Waals surface area contributed by atoms with Crippen molar-refractivity contribution in [3.8, 4) is 0 Å². The summed E-state index contributed by atoms with van der Waals surface area (Å²) in [7, 11) is 0. The molecule has 2 N–H and O–H groups in total. The van der Waals surface area contributed by atoms with Gasteiger partial charge in [0, 0.05) is 11.9 Å². The molecule has 0 spiro atoms. The Hall–Kier alpha value is -2.97. The number of aryl methyl sites for hydroxylation is 1. The molecule has 0 saturated heterocycles. The summed E-state index contributed by atoms with van der Waals surface area (Å²) in [6.07, 6.45) is 2.69. The Morgan fingerprint density at radius 2 is 1.63 bits per heavy atom. The number of hydrogen-bond acceptors (Lipinski definition) is 5. The Morgan fingerprint density at radius 1 is 0.967 bits per heavy atom. The number of carbonyl (C=O) groups is 2. The van der Waals surface area contributed by atoms with E-state index in [1.807, 2.05) is 0 Å². The quantitative estimate of drug-likeness (QED) is 0.342. The van der Waals surface area contributed by atoms with Crippen LogP contribution in [0.3, 0.4) is 0 Å². The van der Waals surface area contributed by atoms with Crippen LogP contribution in [-0.2, 0) is 6.54 Å². The number of carbonyl (C=O) groups excluding carboxylic acids is 2. The van der Waals surface area contributed by atoms with Crippen molar-refractivity contribution in [2.45, 2.75) is 32.7 Å². The van der Waals surface area contributed by atoms with E-state index in [4.69, 9.17) is 23.2 Å². The van der Waals surface area contributed by atoms with E-state index < -0.39 is 11.8 Å². The van der Waals surface area contributed by atoms with Crippen LogP contribution in [0.1, 0.15) is 47.2 Å². The van der Waals surface area contributed by atoms with Crippen LogP contribution >= 0.6 is 23.2 Å². The molecule has 10 heteroatoms. The van der Waals surface area contributed by atoms with Gasteiger partial charge in [0.15, 0.2) is 5.69 Å². The first kappa shape index (κ1) is 21.7. The molecular weight excluding hydrogens is 429 g/mol. The molecule has 0 atom stereocenters. The van der Waals surface area contributed by atoms with Crippen molar-refractivity contribution in [1.82, 2.24) is 25.6 Å². The number of nitrogens with zero attached hydrogens (tertiary/aromatic N) is 3. The molecule has 0 aliphatic carbocycles. The highest BCUT2D eigenvalue weighted by Crippen LogP contribution is 2.17. The van der Waals surface area contributed by atoms with Crippen molar-refractivity contribution in [2.24, 2.45) is 0 Å². The first-order chi connectivity index (χ1) is 14.4. The minimum atomic E-state index is -0.739. The lowest BCUT2D eigenvalue weighted by molar-refractivity contribution is 0.0841. The molecule has 0 saturated carbocycles. The van der Waals surface area contributed by atoms with Crippen LogP contribution in [0.15, 0.2) is 41.2 Å². The van der Waals surface area contributed by atoms with Crippen LogP contribution < -0.4 is 16.4 Å². The van der Waals surface area contributed by atoms with E-state index in [1.165, 1.54) is 16.8 Å². The summed E-state index contributed by atoms with van der Waals surface area (Å²) in [5.74, 6) is -1.42. The molecule has 2 aromatic heterocycles. The summed E-state index contributed by atoms with van der Waals surface area (Å²) < 4.78 is 1.28. The lowest BCUT2D eigenvalue weighted by atomic mass is 10.1. The van der Waals surface area contributed by atoms with Crippen molar-refractivity contribution >= 4 is 45.8 Å². The fourth-order valence-electron chi connectivity index (χ4n) is 2.88. The van der Waals surface area contributed by atoms with Gasteiger partial charge in [-0.05, 0) is 24.6 Å². The lowest BCUT2D eigenvalue weighted by Crippen LogP contribution is -2.43. The molecule has 0 aliphatic rings. The second-order valence-electron chi connectivity index (χ2n) is 6.50. The van der Waals surface area contributed by atoms with E-state index in [-0.39, 0.29) is 27.1 Å². The number of unbranched alkanes of at least 4 members (excludes halogenated alkanes) is 2. The zero-order chi connectivity index (χ0) is 21.7. The van der Waals surface area contributed by atoms with Crippen LogP contribution in [0, 0.1) is 0 Å². The van der Waals surface area contributed by atoms with Gasteiger partial charge in [0.25, 0.3) is 17.4 Å². The first-order valence-electron chi connectivity index (χ1n) is 9.35. The molecule has 0 bridgehead atoms. The van der Waals surface area contributed by atoms with Crippen molar-refractivity contribution in [1.29, 1.82) is 0 Å². The van der Waals surface area contributed by atoms with Gasteiger partial charge in [0.2, 0.25) is 0 Å². The average molecular weight is 448 g/mol. The van der Waals surface area contributed by atoms with Gasteiger partial charge >= 0.3 is 0 Å². The number of hydrogen-bond donors (Lipinski definition) is 2. The molecule has 0 unspecified atom stereocenters. The van der Waals surface area contributed by atoms with E-state index in [9.17, 15) is 14.4 Å². The predicted octanol–water partition coefficient (Wildman–Crippen LogP) is 3.36. The number of fused-ring (bicyclic) bond motifs is 1. The third-order valence-corrected chi connectivity index (χ3v) is 4.89. The number of hydrazine groups is 1. The first-order valence-corrected chi connectivity index (χ1v) is 10.1. The summed E-state index contributed by atoms with van der Waals surface area (Å²) in [5.41, 5.74) is 4.16. The van der Waals surface area contributed by atoms with Gasteiger partial charge in [-0.15, -0.1) is 0 Å². The van der Waals surface area contributed by atoms with Gasteiger partial charge in [0.1, 0.15) is 10.8 Å². The molecule has 2 heterocycles. The molecule has 8 nitrogen and oxygen atoms in total. The fourth-order valence-corrected chi connectivity index (χ4v) is 3.21. The monoisotopic (exact) mass is 447 g/mol. The number of pyridine rings is 1. The number of amides is 2. The zero-order valence-electron chi connectivity index (χ0n) is 16.1. The summed E-state index contributed by atoms with van der Waals surface area (Å²) in [6, 6.07) is 9.56. The fraction of sp³-hybridized carbons (Fsp3) is 0.250. The van der Waals surface area contributed by atoms with Crippen molar-refractivity contribution in [3.05, 3.63) is 68.3 Å². The highest BCUT2D eigenvalue weighted by atomic mass is 35.5. The molecule has 3 rings (SSSR count). The van der Waals surface area contributed by atoms with E-state index in [2.05, 4.69) is 27.9 Å². The maximum absolute atomic E-state index is 12.8. The normalized spacial score (nSPS) is 10.8. The molecule has 0 fully saturated rings. The maximum atomic E-state index is 12.8. The topological polar surface area (TPSA) is 106 Å². The zero-order valence-corrected chi connectivity index (χ0v) is 17.6. The summed E-state index contributed by atoms with van der Waals surface area (Å²) in [5, 5.41) is 5.16. The Labute approximate surface area is 182 Å². The summed E-state index contributed by atoms with van der Waals surface area (Å²) in [4.78, 5) is 41.6. The van der Waals surface area contributed by atoms with Gasteiger partial charge in [-0.1, -0.05) is 61.2 Å². The molecular formula is C20H19Cl2N5O3.